The van der Waals surface area contributed by atoms with Crippen LogP contribution in [0, 0.1) is 0 Å². The number of hydrogen-bond acceptors (Lipinski definition) is 3. The zero-order valence-electron chi connectivity index (χ0n) is 10.8. The minimum Gasteiger partial charge on any atom is -0.394 e. The van der Waals surface area contributed by atoms with Gasteiger partial charge in [-0.3, -0.25) is 4.79 Å². The van der Waals surface area contributed by atoms with Crippen LogP contribution in [0.15, 0.2) is 12.3 Å². The first-order valence-corrected chi connectivity index (χ1v) is 6.94. The van der Waals surface area contributed by atoms with E-state index in [2.05, 4.69) is 5.32 Å². The number of carbonyl (C=O) groups is 1. The fourth-order valence-electron chi connectivity index (χ4n) is 1.92. The number of nitrogens with one attached hydrogen (secondary N) is 1. The number of carbonyl (C=O) groups excluding carboxylic acids is 1. The van der Waals surface area contributed by atoms with Gasteiger partial charge in [0.15, 0.2) is 0 Å². The molecule has 0 aliphatic heterocycles. The maximum absolute atomic E-state index is 12.0. The largest absolute Gasteiger partial charge is 0.394 e. The van der Waals surface area contributed by atoms with Crippen LogP contribution in [0.2, 0.25) is 5.02 Å². The molecule has 1 saturated carbocycles. The summed E-state index contributed by atoms with van der Waals surface area (Å²) in [6, 6.07) is 2.14. The average Bonchev–Trinajstić information content (AvgIpc) is 3.16. The number of aromatic nitrogens is 1. The first-order chi connectivity index (χ1) is 9.22. The van der Waals surface area contributed by atoms with Gasteiger partial charge in [-0.2, -0.15) is 0 Å². The Morgan fingerprint density at radius 2 is 2.32 bits per heavy atom. The molecule has 5 nitrogen and oxygen atoms in total. The van der Waals surface area contributed by atoms with E-state index in [1.807, 2.05) is 10.8 Å². The van der Waals surface area contributed by atoms with Gasteiger partial charge < -0.3 is 19.7 Å². The van der Waals surface area contributed by atoms with Crippen LogP contribution >= 0.6 is 11.6 Å². The molecule has 1 fully saturated rings. The molecule has 6 heteroatoms. The van der Waals surface area contributed by atoms with Gasteiger partial charge >= 0.3 is 0 Å². The van der Waals surface area contributed by atoms with Gasteiger partial charge in [-0.15, -0.1) is 0 Å². The Balaban J connectivity index is 1.76. The van der Waals surface area contributed by atoms with Gasteiger partial charge in [0.25, 0.3) is 5.91 Å². The third-order valence-electron chi connectivity index (χ3n) is 2.97. The molecule has 0 saturated heterocycles. The topological polar surface area (TPSA) is 63.5 Å². The van der Waals surface area contributed by atoms with E-state index in [1.165, 1.54) is 0 Å². The van der Waals surface area contributed by atoms with Crippen LogP contribution < -0.4 is 5.32 Å². The third-order valence-corrected chi connectivity index (χ3v) is 3.18. The molecule has 1 aliphatic carbocycles. The number of aliphatic hydroxyl groups is 1. The number of nitrogens with zero attached hydrogens (tertiary/aromatic N) is 1. The average molecular weight is 287 g/mol. The molecule has 0 atom stereocenters. The molecule has 1 aliphatic rings. The molecule has 0 radical (unpaired) electrons. The molecule has 2 N–H and O–H groups in total. The first-order valence-electron chi connectivity index (χ1n) is 6.56. The summed E-state index contributed by atoms with van der Waals surface area (Å²) < 4.78 is 7.08. The number of amides is 1. The number of halogens is 1. The Morgan fingerprint density at radius 1 is 1.53 bits per heavy atom. The van der Waals surface area contributed by atoms with E-state index < -0.39 is 0 Å². The van der Waals surface area contributed by atoms with Gasteiger partial charge in [0.05, 0.1) is 18.2 Å². The van der Waals surface area contributed by atoms with Crippen LogP contribution in [-0.2, 0) is 4.74 Å². The lowest BCUT2D eigenvalue weighted by Crippen LogP contribution is -2.27. The summed E-state index contributed by atoms with van der Waals surface area (Å²) in [6.45, 7) is 1.46. The molecule has 1 heterocycles. The zero-order chi connectivity index (χ0) is 13.7. The van der Waals surface area contributed by atoms with Gasteiger partial charge in [0, 0.05) is 25.4 Å². The highest BCUT2D eigenvalue weighted by Gasteiger charge is 2.27. The highest BCUT2D eigenvalue weighted by Crippen LogP contribution is 2.37. The maximum Gasteiger partial charge on any atom is 0.267 e. The third kappa shape index (κ3) is 4.23. The van der Waals surface area contributed by atoms with Crippen molar-refractivity contribution in [1.82, 2.24) is 9.88 Å². The molecular weight excluding hydrogens is 268 g/mol. The Morgan fingerprint density at radius 3 is 3.00 bits per heavy atom. The van der Waals surface area contributed by atoms with E-state index in [0.29, 0.717) is 36.5 Å². The first kappa shape index (κ1) is 14.4. The van der Waals surface area contributed by atoms with Crippen molar-refractivity contribution in [2.24, 2.45) is 0 Å². The van der Waals surface area contributed by atoms with Gasteiger partial charge in [0.2, 0.25) is 0 Å². The molecule has 19 heavy (non-hydrogen) atoms. The summed E-state index contributed by atoms with van der Waals surface area (Å²) in [6.07, 6.45) is 4.77. The van der Waals surface area contributed by atoms with Crippen molar-refractivity contribution in [2.45, 2.75) is 25.3 Å². The molecule has 1 aromatic rings. The number of aliphatic hydroxyl groups excluding tert-OH is 1. The number of hydrogen-bond donors (Lipinski definition) is 2. The second-order valence-corrected chi connectivity index (χ2v) is 5.06. The normalized spacial score (nSPS) is 14.6. The van der Waals surface area contributed by atoms with E-state index in [-0.39, 0.29) is 12.5 Å². The van der Waals surface area contributed by atoms with Crippen molar-refractivity contribution in [3.8, 4) is 0 Å². The molecule has 2 rings (SSSR count). The van der Waals surface area contributed by atoms with Crippen LogP contribution in [0.3, 0.4) is 0 Å². The van der Waals surface area contributed by atoms with E-state index in [4.69, 9.17) is 21.4 Å². The number of ether oxygens (including phenoxy) is 1. The summed E-state index contributed by atoms with van der Waals surface area (Å²) in [5.74, 6) is -0.0963. The summed E-state index contributed by atoms with van der Waals surface area (Å²) >= 11 is 5.96. The molecule has 0 spiro atoms. The Hall–Kier alpha value is -1.04. The van der Waals surface area contributed by atoms with Crippen molar-refractivity contribution < 1.29 is 14.6 Å². The lowest BCUT2D eigenvalue weighted by atomic mass is 10.3. The smallest absolute Gasteiger partial charge is 0.267 e. The van der Waals surface area contributed by atoms with Crippen molar-refractivity contribution in [1.29, 1.82) is 0 Å². The van der Waals surface area contributed by atoms with Gasteiger partial charge in [0.1, 0.15) is 5.69 Å². The fraction of sp³-hybridized carbons (Fsp3) is 0.615. The summed E-state index contributed by atoms with van der Waals surface area (Å²) in [5.41, 5.74) is 0.628. The molecule has 0 unspecified atom stereocenters. The lowest BCUT2D eigenvalue weighted by Gasteiger charge is -2.08. The molecule has 1 amide bonds. The fourth-order valence-corrected chi connectivity index (χ4v) is 2.12. The van der Waals surface area contributed by atoms with E-state index >= 15 is 0 Å². The quantitative estimate of drug-likeness (QED) is 0.714. The molecule has 106 valence electrons. The van der Waals surface area contributed by atoms with E-state index in [0.717, 1.165) is 19.3 Å². The van der Waals surface area contributed by atoms with Crippen LogP contribution in [0.4, 0.5) is 0 Å². The Bertz CT molecular complexity index is 430. The van der Waals surface area contributed by atoms with Crippen molar-refractivity contribution in [3.63, 3.8) is 0 Å². The van der Waals surface area contributed by atoms with Crippen LogP contribution in [0.1, 0.15) is 35.8 Å². The van der Waals surface area contributed by atoms with Crippen LogP contribution in [0.25, 0.3) is 0 Å². The Kier molecular flexibility index (Phi) is 5.24. The standard InChI is InChI=1S/C13H19ClN2O3/c14-10-8-12(16(9-10)11-2-3-11)13(18)15-4-1-6-19-7-5-17/h8-9,11,17H,1-7H2,(H,15,18). The maximum atomic E-state index is 12.0. The van der Waals surface area contributed by atoms with E-state index in [9.17, 15) is 4.79 Å². The molecule has 0 aromatic carbocycles. The molecule has 0 bridgehead atoms. The van der Waals surface area contributed by atoms with Crippen LogP contribution in [0.5, 0.6) is 0 Å². The van der Waals surface area contributed by atoms with Gasteiger partial charge in [-0.25, -0.2) is 0 Å². The monoisotopic (exact) mass is 286 g/mol. The minimum atomic E-state index is -0.0963. The zero-order valence-corrected chi connectivity index (χ0v) is 11.5. The second kappa shape index (κ2) is 6.93. The molecular formula is C13H19ClN2O3. The summed E-state index contributed by atoms with van der Waals surface area (Å²) in [7, 11) is 0. The van der Waals surface area contributed by atoms with Crippen molar-refractivity contribution in [2.75, 3.05) is 26.4 Å². The lowest BCUT2D eigenvalue weighted by molar-refractivity contribution is 0.0864. The summed E-state index contributed by atoms with van der Waals surface area (Å²) in [4.78, 5) is 12.0. The minimum absolute atomic E-state index is 0.0275. The SMILES string of the molecule is O=C(NCCCOCCO)c1cc(Cl)cn1C1CC1. The molecule has 1 aromatic heterocycles. The van der Waals surface area contributed by atoms with Crippen LogP contribution in [-0.4, -0.2) is 41.9 Å². The number of rotatable bonds is 8. The predicted octanol–water partition coefficient (Wildman–Crippen LogP) is 1.61. The van der Waals surface area contributed by atoms with Gasteiger partial charge in [-0.05, 0) is 25.3 Å². The van der Waals surface area contributed by atoms with Crippen molar-refractivity contribution in [3.05, 3.63) is 23.0 Å². The van der Waals surface area contributed by atoms with Crippen molar-refractivity contribution >= 4 is 17.5 Å². The van der Waals surface area contributed by atoms with E-state index in [1.54, 1.807) is 6.07 Å². The summed E-state index contributed by atoms with van der Waals surface area (Å²) in [5, 5.41) is 12.0. The Labute approximate surface area is 117 Å². The highest BCUT2D eigenvalue weighted by atomic mass is 35.5. The van der Waals surface area contributed by atoms with Gasteiger partial charge in [-0.1, -0.05) is 11.6 Å². The predicted molar refractivity (Wildman–Crippen MR) is 72.6 cm³/mol. The second-order valence-electron chi connectivity index (χ2n) is 4.63. The highest BCUT2D eigenvalue weighted by molar-refractivity contribution is 6.31.